The van der Waals surface area contributed by atoms with Crippen molar-refractivity contribution in [3.8, 4) is 6.07 Å². The number of benzene rings is 2. The molecule has 0 saturated heterocycles. The van der Waals surface area contributed by atoms with E-state index in [1.54, 1.807) is 31.2 Å². The quantitative estimate of drug-likeness (QED) is 0.911. The fourth-order valence-electron chi connectivity index (χ4n) is 3.15. The first-order valence-electron chi connectivity index (χ1n) is 7.31. The van der Waals surface area contributed by atoms with Crippen LogP contribution in [0, 0.1) is 17.1 Å². The van der Waals surface area contributed by atoms with E-state index < -0.39 is 6.10 Å². The number of hydrogen-bond acceptors (Lipinski definition) is 2. The molecule has 3 rings (SSSR count). The molecule has 1 N–H and O–H groups in total. The van der Waals surface area contributed by atoms with Crippen molar-refractivity contribution < 1.29 is 9.50 Å². The van der Waals surface area contributed by atoms with Crippen LogP contribution in [0.2, 0.25) is 0 Å². The van der Waals surface area contributed by atoms with Crippen molar-refractivity contribution in [3.63, 3.8) is 0 Å². The van der Waals surface area contributed by atoms with Gasteiger partial charge in [-0.25, -0.2) is 4.39 Å². The Morgan fingerprint density at radius 2 is 1.91 bits per heavy atom. The second kappa shape index (κ2) is 5.75. The summed E-state index contributed by atoms with van der Waals surface area (Å²) in [6.07, 6.45) is 0.704. The molecule has 1 aliphatic carbocycles. The first kappa shape index (κ1) is 14.5. The highest BCUT2D eigenvalue weighted by atomic mass is 19.1. The van der Waals surface area contributed by atoms with Crippen LogP contribution in [-0.2, 0) is 6.42 Å². The molecule has 0 bridgehead atoms. The lowest BCUT2D eigenvalue weighted by Crippen LogP contribution is -2.14. The number of allylic oxidation sites excluding steroid dienone is 1. The first-order chi connectivity index (χ1) is 10.6. The molecule has 1 unspecified atom stereocenters. The summed E-state index contributed by atoms with van der Waals surface area (Å²) in [5.41, 5.74) is 4.72. The van der Waals surface area contributed by atoms with Crippen molar-refractivity contribution in [1.82, 2.24) is 0 Å². The summed E-state index contributed by atoms with van der Waals surface area (Å²) in [7, 11) is 0. The van der Waals surface area contributed by atoms with Gasteiger partial charge < -0.3 is 5.11 Å². The summed E-state index contributed by atoms with van der Waals surface area (Å²) < 4.78 is 14.1. The lowest BCUT2D eigenvalue weighted by atomic mass is 9.80. The van der Waals surface area contributed by atoms with E-state index in [0.29, 0.717) is 17.5 Å². The maximum atomic E-state index is 14.1. The minimum absolute atomic E-state index is 0.271. The Hall–Kier alpha value is -2.44. The topological polar surface area (TPSA) is 44.0 Å². The SMILES string of the molecule is CC(O)C1=C(c2ccccc2F)CCc2cc(C#N)ccc21. The van der Waals surface area contributed by atoms with Crippen molar-refractivity contribution in [2.45, 2.75) is 25.9 Å². The van der Waals surface area contributed by atoms with Gasteiger partial charge in [0.2, 0.25) is 0 Å². The number of nitriles is 1. The van der Waals surface area contributed by atoms with Crippen molar-refractivity contribution >= 4 is 11.1 Å². The van der Waals surface area contributed by atoms with Gasteiger partial charge >= 0.3 is 0 Å². The van der Waals surface area contributed by atoms with Crippen LogP contribution in [0.25, 0.3) is 11.1 Å². The molecular formula is C19H16FNO. The molecule has 22 heavy (non-hydrogen) atoms. The van der Waals surface area contributed by atoms with Crippen LogP contribution in [0.5, 0.6) is 0 Å². The van der Waals surface area contributed by atoms with Gasteiger partial charge in [0.15, 0.2) is 0 Å². The minimum atomic E-state index is -0.693. The number of nitrogens with zero attached hydrogens (tertiary/aromatic N) is 1. The van der Waals surface area contributed by atoms with Gasteiger partial charge in [-0.1, -0.05) is 24.3 Å². The lowest BCUT2D eigenvalue weighted by Gasteiger charge is -2.26. The van der Waals surface area contributed by atoms with E-state index in [1.165, 1.54) is 6.07 Å². The second-order valence-electron chi connectivity index (χ2n) is 5.53. The lowest BCUT2D eigenvalue weighted by molar-refractivity contribution is 0.253. The third-order valence-electron chi connectivity index (χ3n) is 4.11. The van der Waals surface area contributed by atoms with E-state index in [2.05, 4.69) is 6.07 Å². The number of aliphatic hydroxyl groups excluding tert-OH is 1. The molecule has 2 aromatic rings. The van der Waals surface area contributed by atoms with Crippen LogP contribution in [0.1, 0.15) is 35.6 Å². The van der Waals surface area contributed by atoms with Crippen molar-refractivity contribution in [2.24, 2.45) is 0 Å². The average Bonchev–Trinajstić information content (AvgIpc) is 2.53. The number of aliphatic hydroxyl groups is 1. The van der Waals surface area contributed by atoms with Gasteiger partial charge in [-0.15, -0.1) is 0 Å². The van der Waals surface area contributed by atoms with Gasteiger partial charge in [-0.3, -0.25) is 0 Å². The zero-order valence-corrected chi connectivity index (χ0v) is 12.3. The zero-order chi connectivity index (χ0) is 15.7. The Morgan fingerprint density at radius 1 is 1.14 bits per heavy atom. The third kappa shape index (κ3) is 2.43. The highest BCUT2D eigenvalue weighted by Crippen LogP contribution is 2.39. The van der Waals surface area contributed by atoms with Crippen LogP contribution < -0.4 is 0 Å². The van der Waals surface area contributed by atoms with E-state index in [1.807, 2.05) is 12.1 Å². The highest BCUT2D eigenvalue weighted by Gasteiger charge is 2.24. The molecule has 0 aromatic heterocycles. The van der Waals surface area contributed by atoms with Crippen molar-refractivity contribution in [3.05, 3.63) is 70.5 Å². The summed E-state index contributed by atoms with van der Waals surface area (Å²) in [4.78, 5) is 0. The van der Waals surface area contributed by atoms with Gasteiger partial charge in [0.25, 0.3) is 0 Å². The molecule has 3 heteroatoms. The molecule has 0 saturated carbocycles. The molecule has 1 atom stereocenters. The monoisotopic (exact) mass is 293 g/mol. The molecule has 1 aliphatic rings. The second-order valence-corrected chi connectivity index (χ2v) is 5.53. The Kier molecular flexibility index (Phi) is 3.79. The van der Waals surface area contributed by atoms with Gasteiger partial charge in [-0.05, 0) is 60.2 Å². The number of hydrogen-bond donors (Lipinski definition) is 1. The predicted molar refractivity (Wildman–Crippen MR) is 84.4 cm³/mol. The minimum Gasteiger partial charge on any atom is -0.389 e. The molecule has 0 amide bonds. The third-order valence-corrected chi connectivity index (χ3v) is 4.11. The fraction of sp³-hybridized carbons (Fsp3) is 0.211. The van der Waals surface area contributed by atoms with Crippen LogP contribution in [0.4, 0.5) is 4.39 Å². The molecule has 0 radical (unpaired) electrons. The summed E-state index contributed by atoms with van der Waals surface area (Å²) in [5.74, 6) is -0.271. The normalized spacial score (nSPS) is 15.2. The van der Waals surface area contributed by atoms with Gasteiger partial charge in [0.05, 0.1) is 17.7 Å². The maximum absolute atomic E-state index is 14.1. The van der Waals surface area contributed by atoms with E-state index in [9.17, 15) is 9.50 Å². The van der Waals surface area contributed by atoms with Gasteiger partial charge in [0.1, 0.15) is 5.82 Å². The molecule has 0 heterocycles. The van der Waals surface area contributed by atoms with Crippen LogP contribution >= 0.6 is 0 Å². The molecule has 2 nitrogen and oxygen atoms in total. The first-order valence-corrected chi connectivity index (χ1v) is 7.31. The predicted octanol–water partition coefficient (Wildman–Crippen LogP) is 3.94. The average molecular weight is 293 g/mol. The van der Waals surface area contributed by atoms with Crippen molar-refractivity contribution in [2.75, 3.05) is 0 Å². The summed E-state index contributed by atoms with van der Waals surface area (Å²) in [6.45, 7) is 1.70. The maximum Gasteiger partial charge on any atom is 0.130 e. The Balaban J connectivity index is 2.23. The molecule has 110 valence electrons. The Bertz CT molecular complexity index is 799. The standard InChI is InChI=1S/C19H16FNO/c1-12(22)19-15-8-6-13(11-21)10-14(15)7-9-17(19)16-4-2-3-5-18(16)20/h2-6,8,10,12,22H,7,9H2,1H3. The summed E-state index contributed by atoms with van der Waals surface area (Å²) in [5, 5.41) is 19.2. The van der Waals surface area contributed by atoms with E-state index in [0.717, 1.165) is 28.7 Å². The Labute approximate surface area is 129 Å². The number of halogens is 1. The number of aryl methyl sites for hydroxylation is 1. The van der Waals surface area contributed by atoms with Crippen molar-refractivity contribution in [1.29, 1.82) is 5.26 Å². The van der Waals surface area contributed by atoms with Gasteiger partial charge in [-0.2, -0.15) is 5.26 Å². The van der Waals surface area contributed by atoms with Gasteiger partial charge in [0, 0.05) is 5.56 Å². The molecule has 2 aromatic carbocycles. The Morgan fingerprint density at radius 3 is 2.59 bits per heavy atom. The van der Waals surface area contributed by atoms with E-state index in [-0.39, 0.29) is 5.82 Å². The molecular weight excluding hydrogens is 277 g/mol. The highest BCUT2D eigenvalue weighted by molar-refractivity contribution is 5.95. The van der Waals surface area contributed by atoms with E-state index in [4.69, 9.17) is 5.26 Å². The smallest absolute Gasteiger partial charge is 0.130 e. The number of fused-ring (bicyclic) bond motifs is 1. The van der Waals surface area contributed by atoms with Crippen LogP contribution in [0.15, 0.2) is 42.5 Å². The zero-order valence-electron chi connectivity index (χ0n) is 12.3. The fourth-order valence-corrected chi connectivity index (χ4v) is 3.15. The number of rotatable bonds is 2. The van der Waals surface area contributed by atoms with Crippen LogP contribution in [-0.4, -0.2) is 11.2 Å². The molecule has 0 aliphatic heterocycles. The molecule has 0 fully saturated rings. The van der Waals surface area contributed by atoms with Crippen LogP contribution in [0.3, 0.4) is 0 Å². The largest absolute Gasteiger partial charge is 0.389 e. The van der Waals surface area contributed by atoms with E-state index >= 15 is 0 Å². The molecule has 0 spiro atoms. The summed E-state index contributed by atoms with van der Waals surface area (Å²) in [6, 6.07) is 14.3. The summed E-state index contributed by atoms with van der Waals surface area (Å²) >= 11 is 0.